The Bertz CT molecular complexity index is 702. The van der Waals surface area contributed by atoms with Gasteiger partial charge in [0.25, 0.3) is 0 Å². The molecule has 0 aliphatic heterocycles. The zero-order valence-electron chi connectivity index (χ0n) is 17.4. The molecule has 5 nitrogen and oxygen atoms in total. The number of nitrogens with two attached hydrogens (primary N) is 1. The van der Waals surface area contributed by atoms with Crippen molar-refractivity contribution in [2.45, 2.75) is 46.1 Å². The first-order valence-corrected chi connectivity index (χ1v) is 9.68. The summed E-state index contributed by atoms with van der Waals surface area (Å²) in [6.45, 7) is 8.32. The molecular formula is C22H34N4O. The van der Waals surface area contributed by atoms with Crippen LogP contribution in [0.2, 0.25) is 0 Å². The van der Waals surface area contributed by atoms with Gasteiger partial charge in [0.1, 0.15) is 11.9 Å². The van der Waals surface area contributed by atoms with Gasteiger partial charge in [-0.3, -0.25) is 10.4 Å². The second-order valence-electron chi connectivity index (χ2n) is 8.38. The Kier molecular flexibility index (Phi) is 7.33. The van der Waals surface area contributed by atoms with E-state index in [4.69, 9.17) is 20.9 Å². The number of amidine groups is 1. The average Bonchev–Trinajstić information content (AvgIpc) is 2.60. The highest BCUT2D eigenvalue weighted by atomic mass is 16.5. The van der Waals surface area contributed by atoms with Crippen LogP contribution in [0.4, 0.5) is 5.69 Å². The minimum absolute atomic E-state index is 0.0670. The molecule has 0 bridgehead atoms. The highest BCUT2D eigenvalue weighted by Crippen LogP contribution is 2.26. The molecule has 5 heteroatoms. The van der Waals surface area contributed by atoms with E-state index < -0.39 is 0 Å². The number of nitrogens with zero attached hydrogens (tertiary/aromatic N) is 2. The van der Waals surface area contributed by atoms with Crippen molar-refractivity contribution in [3.05, 3.63) is 41.5 Å². The van der Waals surface area contributed by atoms with Crippen LogP contribution in [-0.4, -0.2) is 49.8 Å². The summed E-state index contributed by atoms with van der Waals surface area (Å²) >= 11 is 0. The van der Waals surface area contributed by atoms with Gasteiger partial charge in [-0.15, -0.1) is 0 Å². The van der Waals surface area contributed by atoms with Gasteiger partial charge in [-0.25, -0.2) is 0 Å². The van der Waals surface area contributed by atoms with Crippen molar-refractivity contribution < 1.29 is 4.74 Å². The normalized spacial score (nSPS) is 19.4. The quantitative estimate of drug-likeness (QED) is 0.410. The monoisotopic (exact) mass is 370 g/mol. The van der Waals surface area contributed by atoms with E-state index in [-0.39, 0.29) is 17.4 Å². The van der Waals surface area contributed by atoms with Crippen molar-refractivity contribution in [3.8, 4) is 0 Å². The lowest BCUT2D eigenvalue weighted by atomic mass is 9.92. The molecule has 2 rings (SSSR count). The number of nitrogen functional groups attached to an aromatic ring is 1. The van der Waals surface area contributed by atoms with Crippen LogP contribution in [0, 0.1) is 10.8 Å². The van der Waals surface area contributed by atoms with E-state index in [1.165, 1.54) is 5.57 Å². The molecular weight excluding hydrogens is 336 g/mol. The minimum atomic E-state index is -0.0670. The summed E-state index contributed by atoms with van der Waals surface area (Å²) in [6, 6.07) is 7.51. The van der Waals surface area contributed by atoms with Crippen LogP contribution in [0.5, 0.6) is 0 Å². The molecule has 0 fully saturated rings. The fourth-order valence-electron chi connectivity index (χ4n) is 3.48. The van der Waals surface area contributed by atoms with Gasteiger partial charge in [-0.1, -0.05) is 32.4 Å². The van der Waals surface area contributed by atoms with Crippen LogP contribution in [-0.2, 0) is 4.74 Å². The first-order chi connectivity index (χ1) is 12.7. The number of allylic oxidation sites excluding steroid dienone is 1. The van der Waals surface area contributed by atoms with E-state index in [0.717, 1.165) is 37.2 Å². The Morgan fingerprint density at radius 2 is 1.93 bits per heavy atom. The first kappa shape index (κ1) is 21.3. The molecule has 0 saturated heterocycles. The van der Waals surface area contributed by atoms with Crippen molar-refractivity contribution in [2.24, 2.45) is 16.1 Å². The fourth-order valence-corrected chi connectivity index (χ4v) is 3.48. The first-order valence-electron chi connectivity index (χ1n) is 9.68. The maximum Gasteiger partial charge on any atom is 0.122 e. The lowest BCUT2D eigenvalue weighted by Crippen LogP contribution is -2.36. The molecule has 0 heterocycles. The van der Waals surface area contributed by atoms with Gasteiger partial charge in [0.2, 0.25) is 0 Å². The molecule has 1 unspecified atom stereocenters. The molecule has 1 aromatic rings. The Morgan fingerprint density at radius 1 is 1.26 bits per heavy atom. The summed E-state index contributed by atoms with van der Waals surface area (Å²) in [6.07, 6.45) is 5.21. The Morgan fingerprint density at radius 3 is 2.48 bits per heavy atom. The van der Waals surface area contributed by atoms with Gasteiger partial charge in [0.05, 0.1) is 18.0 Å². The summed E-state index contributed by atoms with van der Waals surface area (Å²) in [5, 5.41) is 7.51. The molecule has 1 aromatic carbocycles. The van der Waals surface area contributed by atoms with E-state index in [2.05, 4.69) is 45.8 Å². The van der Waals surface area contributed by atoms with Crippen molar-refractivity contribution in [2.75, 3.05) is 27.2 Å². The summed E-state index contributed by atoms with van der Waals surface area (Å²) in [4.78, 5) is 7.05. The molecule has 0 amide bonds. The Labute approximate surface area is 163 Å². The predicted molar refractivity (Wildman–Crippen MR) is 114 cm³/mol. The van der Waals surface area contributed by atoms with Gasteiger partial charge < -0.3 is 15.4 Å². The molecule has 1 atom stereocenters. The largest absolute Gasteiger partial charge is 0.384 e. The van der Waals surface area contributed by atoms with Crippen LogP contribution < -0.4 is 5.73 Å². The molecule has 0 spiro atoms. The van der Waals surface area contributed by atoms with E-state index in [0.29, 0.717) is 12.2 Å². The predicted octanol–water partition coefficient (Wildman–Crippen LogP) is 4.15. The number of benzene rings is 1. The molecule has 0 radical (unpaired) electrons. The second kappa shape index (κ2) is 9.29. The van der Waals surface area contributed by atoms with Gasteiger partial charge >= 0.3 is 0 Å². The highest BCUT2D eigenvalue weighted by molar-refractivity contribution is 5.96. The average molecular weight is 371 g/mol. The molecule has 148 valence electrons. The maximum absolute atomic E-state index is 7.51. The van der Waals surface area contributed by atoms with E-state index in [9.17, 15) is 0 Å². The van der Waals surface area contributed by atoms with Gasteiger partial charge in [-0.05, 0) is 57.6 Å². The van der Waals surface area contributed by atoms with Crippen LogP contribution in [0.3, 0.4) is 0 Å². The maximum atomic E-state index is 7.51. The number of aliphatic imine (C=N–C) groups is 1. The minimum Gasteiger partial charge on any atom is -0.384 e. The number of rotatable bonds is 8. The SMILES string of the molecule is CCC1=CC(OCC(C)(C)CN(C)C)C(=Nc2ccc(C(=N)N)cc2)CC1. The van der Waals surface area contributed by atoms with Crippen LogP contribution in [0.1, 0.15) is 45.6 Å². The van der Waals surface area contributed by atoms with Crippen LogP contribution >= 0.6 is 0 Å². The molecule has 3 N–H and O–H groups in total. The third kappa shape index (κ3) is 6.60. The second-order valence-corrected chi connectivity index (χ2v) is 8.38. The van der Waals surface area contributed by atoms with E-state index in [1.54, 1.807) is 0 Å². The fraction of sp³-hybridized carbons (Fsp3) is 0.545. The van der Waals surface area contributed by atoms with Crippen molar-refractivity contribution in [1.82, 2.24) is 4.90 Å². The Balaban J connectivity index is 2.17. The van der Waals surface area contributed by atoms with E-state index >= 15 is 0 Å². The summed E-state index contributed by atoms with van der Waals surface area (Å²) in [7, 11) is 4.18. The molecule has 27 heavy (non-hydrogen) atoms. The number of ether oxygens (including phenoxy) is 1. The standard InChI is InChI=1S/C22H34N4O/c1-6-16-7-12-19(25-18-10-8-17(9-11-18)21(23)24)20(13-16)27-15-22(2,3)14-26(4)5/h8-11,13,20H,6-7,12,14-15H2,1-5H3,(H3,23,24). The molecule has 1 aliphatic rings. The third-order valence-corrected chi connectivity index (χ3v) is 4.72. The third-order valence-electron chi connectivity index (χ3n) is 4.72. The van der Waals surface area contributed by atoms with Crippen LogP contribution in [0.15, 0.2) is 40.9 Å². The van der Waals surface area contributed by atoms with Crippen molar-refractivity contribution in [1.29, 1.82) is 5.41 Å². The lowest BCUT2D eigenvalue weighted by molar-refractivity contribution is 0.0407. The lowest BCUT2D eigenvalue weighted by Gasteiger charge is -2.31. The summed E-state index contributed by atoms with van der Waals surface area (Å²) < 4.78 is 6.34. The number of hydrogen-bond acceptors (Lipinski definition) is 4. The number of hydrogen-bond donors (Lipinski definition) is 2. The summed E-state index contributed by atoms with van der Waals surface area (Å²) in [5.74, 6) is 0.0757. The molecule has 0 saturated carbocycles. The highest BCUT2D eigenvalue weighted by Gasteiger charge is 2.25. The Hall–Kier alpha value is -1.98. The van der Waals surface area contributed by atoms with Gasteiger partial charge in [-0.2, -0.15) is 0 Å². The van der Waals surface area contributed by atoms with Gasteiger partial charge in [0.15, 0.2) is 0 Å². The van der Waals surface area contributed by atoms with Crippen molar-refractivity contribution >= 4 is 17.2 Å². The topological polar surface area (TPSA) is 74.7 Å². The zero-order valence-corrected chi connectivity index (χ0v) is 17.4. The van der Waals surface area contributed by atoms with E-state index in [1.807, 2.05) is 24.3 Å². The number of nitrogens with one attached hydrogen (secondary N) is 1. The van der Waals surface area contributed by atoms with Gasteiger partial charge in [0, 0.05) is 17.5 Å². The molecule has 1 aliphatic carbocycles. The zero-order chi connectivity index (χ0) is 20.0. The molecule has 0 aromatic heterocycles. The summed E-state index contributed by atoms with van der Waals surface area (Å²) in [5.41, 5.74) is 9.72. The van der Waals surface area contributed by atoms with Crippen LogP contribution in [0.25, 0.3) is 0 Å². The van der Waals surface area contributed by atoms with Crippen molar-refractivity contribution in [3.63, 3.8) is 0 Å². The smallest absolute Gasteiger partial charge is 0.122 e.